The summed E-state index contributed by atoms with van der Waals surface area (Å²) >= 11 is 1.64. The maximum atomic E-state index is 12.9. The Labute approximate surface area is 153 Å². The van der Waals surface area contributed by atoms with Crippen LogP contribution in [0.25, 0.3) is 0 Å². The largest absolute Gasteiger partial charge is 0.399 e. The number of hydrogen-bond donors (Lipinski definition) is 2. The summed E-state index contributed by atoms with van der Waals surface area (Å²) in [6, 6.07) is 5.56. The monoisotopic (exact) mass is 361 g/mol. The first kappa shape index (κ1) is 18.1. The molecule has 1 aromatic carbocycles. The van der Waals surface area contributed by atoms with Gasteiger partial charge in [-0.25, -0.2) is 0 Å². The van der Waals surface area contributed by atoms with Crippen molar-refractivity contribution in [2.45, 2.75) is 52.1 Å². The van der Waals surface area contributed by atoms with E-state index >= 15 is 0 Å². The molecule has 1 aromatic rings. The van der Waals surface area contributed by atoms with Crippen LogP contribution in [0.3, 0.4) is 0 Å². The third kappa shape index (κ3) is 3.78. The number of nitrogens with two attached hydrogens (primary N) is 1. The van der Waals surface area contributed by atoms with E-state index in [0.29, 0.717) is 11.6 Å². The molecule has 2 aliphatic rings. The first-order chi connectivity index (χ1) is 11.8. The van der Waals surface area contributed by atoms with Crippen LogP contribution < -0.4 is 11.1 Å². The molecule has 0 spiro atoms. The van der Waals surface area contributed by atoms with E-state index in [2.05, 4.69) is 5.32 Å². The minimum atomic E-state index is -0.474. The van der Waals surface area contributed by atoms with E-state index in [0.717, 1.165) is 30.5 Å². The van der Waals surface area contributed by atoms with Gasteiger partial charge in [-0.15, -0.1) is 11.8 Å². The Bertz CT molecular complexity index is 684. The molecule has 1 fully saturated rings. The molecule has 6 heteroatoms. The van der Waals surface area contributed by atoms with Gasteiger partial charge in [0.15, 0.2) is 0 Å². The van der Waals surface area contributed by atoms with Gasteiger partial charge in [0.25, 0.3) is 0 Å². The predicted molar refractivity (Wildman–Crippen MR) is 102 cm³/mol. The van der Waals surface area contributed by atoms with E-state index in [1.165, 1.54) is 5.56 Å². The van der Waals surface area contributed by atoms with Gasteiger partial charge in [0.05, 0.1) is 11.9 Å². The summed E-state index contributed by atoms with van der Waals surface area (Å²) in [4.78, 5) is 27.2. The number of fused-ring (bicyclic) bond motifs is 1. The number of nitrogen functional groups attached to an aromatic ring is 1. The number of carbonyl (C=O) groups excluding carboxylic acids is 2. The number of amides is 2. The average Bonchev–Trinajstić information content (AvgIpc) is 3.02. The van der Waals surface area contributed by atoms with Gasteiger partial charge in [0.2, 0.25) is 11.8 Å². The molecule has 1 saturated heterocycles. The van der Waals surface area contributed by atoms with E-state index in [1.54, 1.807) is 16.7 Å². The number of rotatable bonds is 2. The molecule has 25 heavy (non-hydrogen) atoms. The highest BCUT2D eigenvalue weighted by molar-refractivity contribution is 7.99. The van der Waals surface area contributed by atoms with Crippen LogP contribution in [-0.4, -0.2) is 34.4 Å². The zero-order valence-electron chi connectivity index (χ0n) is 15.2. The second-order valence-electron chi connectivity index (χ2n) is 7.95. The van der Waals surface area contributed by atoms with Crippen LogP contribution in [0.15, 0.2) is 18.2 Å². The molecule has 0 saturated carbocycles. The molecule has 1 aliphatic heterocycles. The van der Waals surface area contributed by atoms with Crippen molar-refractivity contribution in [3.05, 3.63) is 29.3 Å². The lowest BCUT2D eigenvalue weighted by atomic mass is 9.87. The fraction of sp³-hybridized carbons (Fsp3) is 0.579. The SMILES string of the molecule is CC(C)(C)C(=O)N1CSCC1C(=O)NC1CCCc2cc(N)ccc21. The fourth-order valence-corrected chi connectivity index (χ4v) is 4.70. The summed E-state index contributed by atoms with van der Waals surface area (Å²) in [6.07, 6.45) is 2.96. The topological polar surface area (TPSA) is 75.4 Å². The molecule has 0 radical (unpaired) electrons. The first-order valence-corrected chi connectivity index (χ1v) is 10.0. The zero-order valence-corrected chi connectivity index (χ0v) is 16.0. The molecule has 2 unspecified atom stereocenters. The van der Waals surface area contributed by atoms with Gasteiger partial charge in [0, 0.05) is 16.9 Å². The Balaban J connectivity index is 1.74. The fourth-order valence-electron chi connectivity index (χ4n) is 3.54. The third-order valence-corrected chi connectivity index (χ3v) is 5.90. The average molecular weight is 362 g/mol. The molecule has 2 amide bonds. The van der Waals surface area contributed by atoms with Crippen molar-refractivity contribution in [1.29, 1.82) is 0 Å². The quantitative estimate of drug-likeness (QED) is 0.794. The van der Waals surface area contributed by atoms with Crippen molar-refractivity contribution in [1.82, 2.24) is 10.2 Å². The number of nitrogens with zero attached hydrogens (tertiary/aromatic N) is 1. The van der Waals surface area contributed by atoms with Crippen LogP contribution in [0.4, 0.5) is 5.69 Å². The van der Waals surface area contributed by atoms with Gasteiger partial charge >= 0.3 is 0 Å². The van der Waals surface area contributed by atoms with Gasteiger partial charge in [-0.3, -0.25) is 9.59 Å². The Morgan fingerprint density at radius 1 is 1.32 bits per heavy atom. The third-order valence-electron chi connectivity index (χ3n) is 4.89. The summed E-state index contributed by atoms with van der Waals surface area (Å²) in [5.74, 6) is 1.24. The molecule has 136 valence electrons. The highest BCUT2D eigenvalue weighted by atomic mass is 32.2. The Morgan fingerprint density at radius 3 is 2.80 bits per heavy atom. The summed E-state index contributed by atoms with van der Waals surface area (Å²) in [5, 5.41) is 3.19. The lowest BCUT2D eigenvalue weighted by molar-refractivity contribution is -0.144. The van der Waals surface area contributed by atoms with Crippen molar-refractivity contribution in [2.24, 2.45) is 5.41 Å². The minimum absolute atomic E-state index is 0.00837. The summed E-state index contributed by atoms with van der Waals surface area (Å²) in [5.41, 5.74) is 8.56. The zero-order chi connectivity index (χ0) is 18.2. The van der Waals surface area contributed by atoms with Crippen molar-refractivity contribution < 1.29 is 9.59 Å². The Hall–Kier alpha value is -1.69. The molecular formula is C19H27N3O2S. The lowest BCUT2D eigenvalue weighted by Gasteiger charge is -2.32. The van der Waals surface area contributed by atoms with Crippen LogP contribution in [0.1, 0.15) is 50.8 Å². The van der Waals surface area contributed by atoms with Gasteiger partial charge in [-0.1, -0.05) is 26.8 Å². The van der Waals surface area contributed by atoms with E-state index in [4.69, 9.17) is 5.73 Å². The van der Waals surface area contributed by atoms with Crippen LogP contribution in [-0.2, 0) is 16.0 Å². The summed E-state index contributed by atoms with van der Waals surface area (Å²) < 4.78 is 0. The van der Waals surface area contributed by atoms with Crippen LogP contribution in [0.5, 0.6) is 0 Å². The summed E-state index contributed by atoms with van der Waals surface area (Å²) in [6.45, 7) is 5.69. The van der Waals surface area contributed by atoms with Crippen LogP contribution in [0, 0.1) is 5.41 Å². The Morgan fingerprint density at radius 2 is 2.08 bits per heavy atom. The van der Waals surface area contributed by atoms with Gasteiger partial charge in [0.1, 0.15) is 6.04 Å². The van der Waals surface area contributed by atoms with E-state index in [9.17, 15) is 9.59 Å². The highest BCUT2D eigenvalue weighted by Crippen LogP contribution is 2.32. The number of aryl methyl sites for hydroxylation is 1. The van der Waals surface area contributed by atoms with Gasteiger partial charge in [-0.05, 0) is 42.5 Å². The normalized spacial score (nSPS) is 23.2. The summed E-state index contributed by atoms with van der Waals surface area (Å²) in [7, 11) is 0. The lowest BCUT2D eigenvalue weighted by Crippen LogP contribution is -2.51. The van der Waals surface area contributed by atoms with Crippen molar-refractivity contribution >= 4 is 29.3 Å². The Kier molecular flexibility index (Phi) is 5.00. The molecule has 1 heterocycles. The number of thioether (sulfide) groups is 1. The molecule has 3 rings (SSSR count). The second-order valence-corrected chi connectivity index (χ2v) is 8.95. The van der Waals surface area contributed by atoms with E-state index in [-0.39, 0.29) is 23.9 Å². The molecule has 2 atom stereocenters. The molecule has 0 aromatic heterocycles. The smallest absolute Gasteiger partial charge is 0.244 e. The van der Waals surface area contributed by atoms with Crippen molar-refractivity contribution in [3.63, 3.8) is 0 Å². The van der Waals surface area contributed by atoms with Gasteiger partial charge < -0.3 is 16.0 Å². The molecule has 5 nitrogen and oxygen atoms in total. The molecule has 1 aliphatic carbocycles. The van der Waals surface area contributed by atoms with Crippen LogP contribution >= 0.6 is 11.8 Å². The molecular weight excluding hydrogens is 334 g/mol. The highest BCUT2D eigenvalue weighted by Gasteiger charge is 2.39. The number of anilines is 1. The molecule has 3 N–H and O–H groups in total. The van der Waals surface area contributed by atoms with Crippen LogP contribution in [0.2, 0.25) is 0 Å². The standard InChI is InChI=1S/C19H27N3O2S/c1-19(2,3)18(24)22-11-25-10-16(22)17(23)21-15-6-4-5-12-9-13(20)7-8-14(12)15/h7-9,15-16H,4-6,10-11,20H2,1-3H3,(H,21,23). The minimum Gasteiger partial charge on any atom is -0.399 e. The van der Waals surface area contributed by atoms with Crippen molar-refractivity contribution in [3.8, 4) is 0 Å². The second kappa shape index (κ2) is 6.90. The maximum Gasteiger partial charge on any atom is 0.244 e. The van der Waals surface area contributed by atoms with E-state index < -0.39 is 5.41 Å². The predicted octanol–water partition coefficient (Wildman–Crippen LogP) is 2.71. The van der Waals surface area contributed by atoms with Crippen molar-refractivity contribution in [2.75, 3.05) is 17.4 Å². The van der Waals surface area contributed by atoms with E-state index in [1.807, 2.05) is 39.0 Å². The maximum absolute atomic E-state index is 12.9. The van der Waals surface area contributed by atoms with Gasteiger partial charge in [-0.2, -0.15) is 0 Å². The molecule has 0 bridgehead atoms. The number of hydrogen-bond acceptors (Lipinski definition) is 4. The number of benzene rings is 1. The number of nitrogens with one attached hydrogen (secondary N) is 1. The number of carbonyl (C=O) groups is 2. The first-order valence-electron chi connectivity index (χ1n) is 8.85.